The second kappa shape index (κ2) is 6.12. The Morgan fingerprint density at radius 1 is 1.11 bits per heavy atom. The van der Waals surface area contributed by atoms with Crippen molar-refractivity contribution in [2.75, 3.05) is 6.54 Å². The number of hydrogen-bond donors (Lipinski definition) is 1. The lowest BCUT2D eigenvalue weighted by molar-refractivity contribution is 0.267. The summed E-state index contributed by atoms with van der Waals surface area (Å²) in [5, 5.41) is 6.49. The molecule has 0 aliphatic carbocycles. The minimum absolute atomic E-state index is 0.162. The second-order valence-corrected chi connectivity index (χ2v) is 4.20. The van der Waals surface area contributed by atoms with Gasteiger partial charge in [-0.15, -0.1) is 0 Å². The number of aromatic amines is 1. The van der Waals surface area contributed by atoms with E-state index in [2.05, 4.69) is 34.2 Å². The van der Waals surface area contributed by atoms with Gasteiger partial charge < -0.3 is 0 Å². The molecular weight excluding hydrogens is 226 g/mol. The first-order valence-corrected chi connectivity index (χ1v) is 6.09. The van der Waals surface area contributed by atoms with Gasteiger partial charge in [-0.25, -0.2) is 5.10 Å². The first-order valence-electron chi connectivity index (χ1n) is 6.09. The first kappa shape index (κ1) is 12.5. The van der Waals surface area contributed by atoms with Crippen LogP contribution in [0.4, 0.5) is 0 Å². The Labute approximate surface area is 106 Å². The molecule has 1 N–H and O–H groups in total. The van der Waals surface area contributed by atoms with E-state index < -0.39 is 0 Å². The highest BCUT2D eigenvalue weighted by molar-refractivity contribution is 5.14. The van der Waals surface area contributed by atoms with Gasteiger partial charge >= 0.3 is 0 Å². The molecular formula is C14H17N3O. The number of benzene rings is 1. The van der Waals surface area contributed by atoms with E-state index in [1.165, 1.54) is 11.6 Å². The summed E-state index contributed by atoms with van der Waals surface area (Å²) >= 11 is 0. The van der Waals surface area contributed by atoms with E-state index in [9.17, 15) is 4.79 Å². The maximum absolute atomic E-state index is 10.9. The van der Waals surface area contributed by atoms with Gasteiger partial charge in [-0.05, 0) is 18.2 Å². The van der Waals surface area contributed by atoms with Gasteiger partial charge in [0.1, 0.15) is 0 Å². The van der Waals surface area contributed by atoms with E-state index >= 15 is 0 Å². The molecule has 94 valence electrons. The summed E-state index contributed by atoms with van der Waals surface area (Å²) in [5.74, 6) is 0. The number of H-pyrrole nitrogens is 1. The van der Waals surface area contributed by atoms with Gasteiger partial charge in [0.2, 0.25) is 0 Å². The molecule has 0 unspecified atom stereocenters. The van der Waals surface area contributed by atoms with Crippen LogP contribution in [0.5, 0.6) is 0 Å². The lowest BCUT2D eigenvalue weighted by Crippen LogP contribution is -2.23. The minimum Gasteiger partial charge on any atom is -0.293 e. The van der Waals surface area contributed by atoms with Gasteiger partial charge in [-0.1, -0.05) is 37.3 Å². The number of nitrogens with zero attached hydrogens (tertiary/aromatic N) is 2. The summed E-state index contributed by atoms with van der Waals surface area (Å²) in [4.78, 5) is 13.2. The van der Waals surface area contributed by atoms with Crippen LogP contribution in [-0.2, 0) is 13.1 Å². The topological polar surface area (TPSA) is 49.0 Å². The molecule has 0 saturated carbocycles. The van der Waals surface area contributed by atoms with Crippen molar-refractivity contribution in [2.45, 2.75) is 20.0 Å². The highest BCUT2D eigenvalue weighted by Gasteiger charge is 2.05. The van der Waals surface area contributed by atoms with E-state index in [1.807, 2.05) is 18.2 Å². The Morgan fingerprint density at radius 2 is 1.89 bits per heavy atom. The molecule has 18 heavy (non-hydrogen) atoms. The molecule has 2 rings (SSSR count). The molecule has 0 aliphatic rings. The fourth-order valence-corrected chi connectivity index (χ4v) is 1.81. The summed E-state index contributed by atoms with van der Waals surface area (Å²) in [6.07, 6.45) is 0. The number of hydrogen-bond acceptors (Lipinski definition) is 3. The maximum atomic E-state index is 10.9. The fourth-order valence-electron chi connectivity index (χ4n) is 1.81. The van der Waals surface area contributed by atoms with Gasteiger partial charge in [0.15, 0.2) is 0 Å². The molecule has 0 radical (unpaired) electrons. The zero-order chi connectivity index (χ0) is 12.8. The summed E-state index contributed by atoms with van der Waals surface area (Å²) < 4.78 is 0. The van der Waals surface area contributed by atoms with Gasteiger partial charge in [0.05, 0.1) is 5.69 Å². The molecule has 1 aromatic carbocycles. The van der Waals surface area contributed by atoms with Crippen LogP contribution in [0, 0.1) is 0 Å². The van der Waals surface area contributed by atoms with Crippen LogP contribution in [-0.4, -0.2) is 21.6 Å². The molecule has 4 heteroatoms. The average molecular weight is 243 g/mol. The van der Waals surface area contributed by atoms with Gasteiger partial charge in [0, 0.05) is 19.2 Å². The summed E-state index contributed by atoms with van der Waals surface area (Å²) in [7, 11) is 0. The zero-order valence-corrected chi connectivity index (χ0v) is 10.5. The second-order valence-electron chi connectivity index (χ2n) is 4.20. The van der Waals surface area contributed by atoms with Crippen molar-refractivity contribution in [2.24, 2.45) is 0 Å². The van der Waals surface area contributed by atoms with Gasteiger partial charge in [0.25, 0.3) is 5.56 Å². The number of aromatic nitrogens is 2. The van der Waals surface area contributed by atoms with E-state index in [1.54, 1.807) is 6.07 Å². The van der Waals surface area contributed by atoms with Crippen molar-refractivity contribution in [1.82, 2.24) is 15.1 Å². The average Bonchev–Trinajstić information content (AvgIpc) is 2.41. The standard InChI is InChI=1S/C14H17N3O/c1-2-17(10-12-6-4-3-5-7-12)11-13-8-9-14(18)16-15-13/h3-9H,2,10-11H2,1H3,(H,16,18). The molecule has 0 fully saturated rings. The molecule has 0 spiro atoms. The predicted molar refractivity (Wildman–Crippen MR) is 71.1 cm³/mol. The van der Waals surface area contributed by atoms with Crippen LogP contribution in [0.2, 0.25) is 0 Å². The molecule has 1 heterocycles. The Hall–Kier alpha value is -1.94. The third kappa shape index (κ3) is 3.53. The summed E-state index contributed by atoms with van der Waals surface area (Å²) in [6, 6.07) is 13.6. The van der Waals surface area contributed by atoms with Crippen LogP contribution in [0.3, 0.4) is 0 Å². The molecule has 0 bridgehead atoms. The van der Waals surface area contributed by atoms with Gasteiger partial charge in [-0.2, -0.15) is 5.10 Å². The molecule has 0 atom stereocenters. The minimum atomic E-state index is -0.162. The predicted octanol–water partition coefficient (Wildman–Crippen LogP) is 1.79. The third-order valence-electron chi connectivity index (χ3n) is 2.82. The highest BCUT2D eigenvalue weighted by atomic mass is 16.1. The zero-order valence-electron chi connectivity index (χ0n) is 10.5. The Morgan fingerprint density at radius 3 is 2.50 bits per heavy atom. The van der Waals surface area contributed by atoms with Crippen molar-refractivity contribution < 1.29 is 0 Å². The van der Waals surface area contributed by atoms with E-state index in [0.717, 1.165) is 25.3 Å². The Kier molecular flexibility index (Phi) is 4.25. The summed E-state index contributed by atoms with van der Waals surface area (Å²) in [6.45, 7) is 4.69. The maximum Gasteiger partial charge on any atom is 0.264 e. The van der Waals surface area contributed by atoms with Crippen molar-refractivity contribution >= 4 is 0 Å². The molecule has 2 aromatic rings. The lowest BCUT2D eigenvalue weighted by Gasteiger charge is -2.19. The summed E-state index contributed by atoms with van der Waals surface area (Å²) in [5.41, 5.74) is 2.00. The largest absolute Gasteiger partial charge is 0.293 e. The molecule has 1 aromatic heterocycles. The van der Waals surface area contributed by atoms with Crippen LogP contribution >= 0.6 is 0 Å². The van der Waals surface area contributed by atoms with Crippen LogP contribution in [0.1, 0.15) is 18.2 Å². The Balaban J connectivity index is 2.01. The quantitative estimate of drug-likeness (QED) is 0.871. The molecule has 0 saturated heterocycles. The van der Waals surface area contributed by atoms with Crippen LogP contribution in [0.25, 0.3) is 0 Å². The van der Waals surface area contributed by atoms with E-state index in [-0.39, 0.29) is 5.56 Å². The van der Waals surface area contributed by atoms with Crippen LogP contribution in [0.15, 0.2) is 47.3 Å². The third-order valence-corrected chi connectivity index (χ3v) is 2.82. The van der Waals surface area contributed by atoms with Gasteiger partial charge in [-0.3, -0.25) is 9.69 Å². The number of rotatable bonds is 5. The van der Waals surface area contributed by atoms with Crippen molar-refractivity contribution in [3.05, 3.63) is 64.1 Å². The molecule has 4 nitrogen and oxygen atoms in total. The normalized spacial score (nSPS) is 10.8. The number of nitrogens with one attached hydrogen (secondary N) is 1. The highest BCUT2D eigenvalue weighted by Crippen LogP contribution is 2.07. The lowest BCUT2D eigenvalue weighted by atomic mass is 10.2. The van der Waals surface area contributed by atoms with E-state index in [4.69, 9.17) is 0 Å². The SMILES string of the molecule is CCN(Cc1ccccc1)Cc1ccc(=O)[nH]n1. The molecule has 0 aliphatic heterocycles. The smallest absolute Gasteiger partial charge is 0.264 e. The van der Waals surface area contributed by atoms with Crippen molar-refractivity contribution in [3.63, 3.8) is 0 Å². The molecule has 0 amide bonds. The monoisotopic (exact) mass is 243 g/mol. The van der Waals surface area contributed by atoms with Crippen LogP contribution < -0.4 is 5.56 Å². The fraction of sp³-hybridized carbons (Fsp3) is 0.286. The van der Waals surface area contributed by atoms with Crippen molar-refractivity contribution in [1.29, 1.82) is 0 Å². The van der Waals surface area contributed by atoms with E-state index in [0.29, 0.717) is 0 Å². The van der Waals surface area contributed by atoms with Crippen molar-refractivity contribution in [3.8, 4) is 0 Å². The first-order chi connectivity index (χ1) is 8.78. The Bertz CT molecular complexity index is 516.